The van der Waals surface area contributed by atoms with Crippen LogP contribution in [0.15, 0.2) is 0 Å². The van der Waals surface area contributed by atoms with Gasteiger partial charge in [0.15, 0.2) is 0 Å². The monoisotopic (exact) mass is 158 g/mol. The molecule has 0 amide bonds. The molecule has 0 aliphatic heterocycles. The van der Waals surface area contributed by atoms with E-state index in [-0.39, 0.29) is 5.41 Å². The van der Waals surface area contributed by atoms with E-state index in [1.807, 2.05) is 6.92 Å². The molecule has 0 aromatic carbocycles. The standard InChI is InChI=1S/C8H19BO2/c1-7(6-9(10)11)5-8(2,3)4/h7,10-11H,5-6H2,1-4H3. The molecule has 0 aromatic heterocycles. The lowest BCUT2D eigenvalue weighted by Crippen LogP contribution is -2.18. The highest BCUT2D eigenvalue weighted by Crippen LogP contribution is 2.26. The summed E-state index contributed by atoms with van der Waals surface area (Å²) < 4.78 is 0. The minimum Gasteiger partial charge on any atom is -0.427 e. The number of hydrogen-bond acceptors (Lipinski definition) is 2. The molecule has 0 radical (unpaired) electrons. The largest absolute Gasteiger partial charge is 0.451 e. The summed E-state index contributed by atoms with van der Waals surface area (Å²) in [6.07, 6.45) is 1.52. The predicted molar refractivity (Wildman–Crippen MR) is 48.2 cm³/mol. The molecule has 11 heavy (non-hydrogen) atoms. The van der Waals surface area contributed by atoms with Crippen molar-refractivity contribution in [2.45, 2.75) is 40.4 Å². The molecule has 0 aliphatic rings. The van der Waals surface area contributed by atoms with Crippen LogP contribution in [0, 0.1) is 11.3 Å². The quantitative estimate of drug-likeness (QED) is 0.611. The zero-order valence-electron chi connectivity index (χ0n) is 7.96. The van der Waals surface area contributed by atoms with Gasteiger partial charge in [0.25, 0.3) is 0 Å². The summed E-state index contributed by atoms with van der Waals surface area (Å²) >= 11 is 0. The molecule has 0 spiro atoms. The number of hydrogen-bond donors (Lipinski definition) is 2. The summed E-state index contributed by atoms with van der Waals surface area (Å²) in [4.78, 5) is 0. The Kier molecular flexibility index (Phi) is 4.12. The van der Waals surface area contributed by atoms with Gasteiger partial charge in [0.05, 0.1) is 0 Å². The van der Waals surface area contributed by atoms with E-state index >= 15 is 0 Å². The van der Waals surface area contributed by atoms with Crippen LogP contribution in [0.2, 0.25) is 6.32 Å². The van der Waals surface area contributed by atoms with Crippen LogP contribution in [0.5, 0.6) is 0 Å². The molecule has 2 nitrogen and oxygen atoms in total. The van der Waals surface area contributed by atoms with Gasteiger partial charge in [0, 0.05) is 0 Å². The first-order valence-corrected chi connectivity index (χ1v) is 4.17. The van der Waals surface area contributed by atoms with Crippen LogP contribution < -0.4 is 0 Å². The fourth-order valence-electron chi connectivity index (χ4n) is 1.49. The maximum absolute atomic E-state index is 8.68. The van der Waals surface area contributed by atoms with E-state index in [0.717, 1.165) is 6.42 Å². The summed E-state index contributed by atoms with van der Waals surface area (Å²) in [5.74, 6) is 0.384. The Morgan fingerprint density at radius 3 is 2.00 bits per heavy atom. The molecular formula is C8H19BO2. The second-order valence-corrected chi connectivity index (χ2v) is 4.59. The third kappa shape index (κ3) is 7.89. The van der Waals surface area contributed by atoms with Gasteiger partial charge in [0.2, 0.25) is 0 Å². The zero-order valence-corrected chi connectivity index (χ0v) is 7.96. The molecule has 0 rings (SSSR count). The Bertz CT molecular complexity index is 107. The molecule has 1 unspecified atom stereocenters. The fourth-order valence-corrected chi connectivity index (χ4v) is 1.49. The minimum absolute atomic E-state index is 0.286. The van der Waals surface area contributed by atoms with Gasteiger partial charge in [0.1, 0.15) is 0 Å². The van der Waals surface area contributed by atoms with Crippen molar-refractivity contribution in [3.05, 3.63) is 0 Å². The van der Waals surface area contributed by atoms with Gasteiger partial charge in [-0.15, -0.1) is 0 Å². The molecule has 0 saturated heterocycles. The molecule has 0 aliphatic carbocycles. The highest BCUT2D eigenvalue weighted by molar-refractivity contribution is 6.41. The van der Waals surface area contributed by atoms with E-state index in [9.17, 15) is 0 Å². The molecule has 0 fully saturated rings. The van der Waals surface area contributed by atoms with Crippen LogP contribution in [0.1, 0.15) is 34.1 Å². The van der Waals surface area contributed by atoms with Crippen molar-refractivity contribution in [2.75, 3.05) is 0 Å². The lowest BCUT2D eigenvalue weighted by atomic mass is 9.73. The summed E-state index contributed by atoms with van der Waals surface area (Å²) in [7, 11) is -1.15. The van der Waals surface area contributed by atoms with Gasteiger partial charge in [-0.3, -0.25) is 0 Å². The van der Waals surface area contributed by atoms with E-state index in [4.69, 9.17) is 10.0 Å². The normalized spacial score (nSPS) is 14.7. The first-order chi connectivity index (χ1) is 4.81. The Morgan fingerprint density at radius 1 is 1.27 bits per heavy atom. The van der Waals surface area contributed by atoms with E-state index in [1.165, 1.54) is 0 Å². The molecule has 0 heterocycles. The van der Waals surface area contributed by atoms with Gasteiger partial charge in [-0.2, -0.15) is 0 Å². The summed E-state index contributed by atoms with van der Waals surface area (Å²) in [5.41, 5.74) is 0.286. The smallest absolute Gasteiger partial charge is 0.427 e. The van der Waals surface area contributed by atoms with Crippen molar-refractivity contribution < 1.29 is 10.0 Å². The van der Waals surface area contributed by atoms with Crippen LogP contribution in [0.25, 0.3) is 0 Å². The van der Waals surface area contributed by atoms with Crippen molar-refractivity contribution in [1.82, 2.24) is 0 Å². The lowest BCUT2D eigenvalue weighted by molar-refractivity contribution is 0.304. The average Bonchev–Trinajstić information content (AvgIpc) is 1.53. The second kappa shape index (κ2) is 4.12. The lowest BCUT2D eigenvalue weighted by Gasteiger charge is -2.22. The second-order valence-electron chi connectivity index (χ2n) is 4.59. The predicted octanol–water partition coefficient (Wildman–Crippen LogP) is 1.53. The third-order valence-corrected chi connectivity index (χ3v) is 1.57. The van der Waals surface area contributed by atoms with Gasteiger partial charge in [-0.1, -0.05) is 27.7 Å². The molecule has 1 atom stereocenters. The highest BCUT2D eigenvalue weighted by Gasteiger charge is 2.19. The third-order valence-electron chi connectivity index (χ3n) is 1.57. The first kappa shape index (κ1) is 11.0. The van der Waals surface area contributed by atoms with Crippen molar-refractivity contribution in [3.63, 3.8) is 0 Å². The van der Waals surface area contributed by atoms with E-state index in [1.54, 1.807) is 0 Å². The van der Waals surface area contributed by atoms with Gasteiger partial charge in [-0.05, 0) is 24.1 Å². The average molecular weight is 158 g/mol. The molecule has 0 aromatic rings. The highest BCUT2D eigenvalue weighted by atomic mass is 16.4. The van der Waals surface area contributed by atoms with Crippen molar-refractivity contribution >= 4 is 7.12 Å². The van der Waals surface area contributed by atoms with E-state index in [2.05, 4.69) is 20.8 Å². The van der Waals surface area contributed by atoms with Gasteiger partial charge in [-0.25, -0.2) is 0 Å². The SMILES string of the molecule is CC(CB(O)O)CC(C)(C)C. The molecular weight excluding hydrogens is 139 g/mol. The molecule has 66 valence electrons. The summed E-state index contributed by atoms with van der Waals surface area (Å²) in [6, 6.07) is 0. The topological polar surface area (TPSA) is 40.5 Å². The minimum atomic E-state index is -1.15. The Balaban J connectivity index is 3.61. The first-order valence-electron chi connectivity index (χ1n) is 4.17. The number of rotatable bonds is 3. The van der Waals surface area contributed by atoms with Gasteiger partial charge < -0.3 is 10.0 Å². The Labute approximate surface area is 69.8 Å². The Morgan fingerprint density at radius 2 is 1.73 bits per heavy atom. The van der Waals surface area contributed by atoms with Crippen LogP contribution in [0.4, 0.5) is 0 Å². The molecule has 2 N–H and O–H groups in total. The van der Waals surface area contributed by atoms with E-state index in [0.29, 0.717) is 12.2 Å². The van der Waals surface area contributed by atoms with Crippen LogP contribution in [0.3, 0.4) is 0 Å². The van der Waals surface area contributed by atoms with Crippen LogP contribution >= 0.6 is 0 Å². The molecule has 0 bridgehead atoms. The summed E-state index contributed by atoms with van der Waals surface area (Å²) in [5, 5.41) is 17.4. The van der Waals surface area contributed by atoms with E-state index < -0.39 is 7.12 Å². The van der Waals surface area contributed by atoms with Crippen molar-refractivity contribution in [1.29, 1.82) is 0 Å². The van der Waals surface area contributed by atoms with Crippen molar-refractivity contribution in [2.24, 2.45) is 11.3 Å². The summed E-state index contributed by atoms with van der Waals surface area (Å²) in [6.45, 7) is 8.53. The van der Waals surface area contributed by atoms with Gasteiger partial charge >= 0.3 is 7.12 Å². The maximum Gasteiger partial charge on any atom is 0.451 e. The Hall–Kier alpha value is -0.0151. The van der Waals surface area contributed by atoms with Crippen LogP contribution in [-0.2, 0) is 0 Å². The zero-order chi connectivity index (χ0) is 9.07. The van der Waals surface area contributed by atoms with Crippen molar-refractivity contribution in [3.8, 4) is 0 Å². The van der Waals surface area contributed by atoms with Crippen LogP contribution in [-0.4, -0.2) is 17.2 Å². The fraction of sp³-hybridized carbons (Fsp3) is 1.00. The molecule has 3 heteroatoms. The maximum atomic E-state index is 8.68. The molecule has 0 saturated carbocycles.